The summed E-state index contributed by atoms with van der Waals surface area (Å²) >= 11 is 3.50. The van der Waals surface area contributed by atoms with E-state index >= 15 is 0 Å². The average molecular weight is 353 g/mol. The van der Waals surface area contributed by atoms with Gasteiger partial charge in [0, 0.05) is 16.1 Å². The van der Waals surface area contributed by atoms with E-state index in [9.17, 15) is 0 Å². The molecule has 2 aromatic rings. The molecule has 1 atom stereocenters. The van der Waals surface area contributed by atoms with Gasteiger partial charge in [0.05, 0.1) is 11.3 Å². The van der Waals surface area contributed by atoms with Gasteiger partial charge in [-0.1, -0.05) is 34.1 Å². The molecule has 0 amide bonds. The molecule has 0 fully saturated rings. The molecule has 1 N–H and O–H groups in total. The second kappa shape index (κ2) is 7.09. The highest BCUT2D eigenvalue weighted by atomic mass is 79.9. The summed E-state index contributed by atoms with van der Waals surface area (Å²) in [6.45, 7) is 9.44. The van der Waals surface area contributed by atoms with Crippen LogP contribution in [0.15, 0.2) is 27.2 Å². The summed E-state index contributed by atoms with van der Waals surface area (Å²) in [6, 6.07) is 6.36. The summed E-state index contributed by atoms with van der Waals surface area (Å²) in [5, 5.41) is 7.37. The zero-order valence-electron chi connectivity index (χ0n) is 12.9. The largest absolute Gasteiger partial charge is 0.488 e. The van der Waals surface area contributed by atoms with Crippen LogP contribution < -0.4 is 10.1 Å². The fraction of sp³-hybridized carbons (Fsp3) is 0.438. The summed E-state index contributed by atoms with van der Waals surface area (Å²) in [5.41, 5.74) is 3.03. The summed E-state index contributed by atoms with van der Waals surface area (Å²) in [4.78, 5) is 0. The van der Waals surface area contributed by atoms with E-state index in [4.69, 9.17) is 9.26 Å². The van der Waals surface area contributed by atoms with Gasteiger partial charge in [-0.05, 0) is 39.4 Å². The van der Waals surface area contributed by atoms with Gasteiger partial charge < -0.3 is 14.6 Å². The van der Waals surface area contributed by atoms with Crippen molar-refractivity contribution in [2.24, 2.45) is 0 Å². The SMILES string of the molecule is CCNC(C)c1ccc(Br)cc1OCc1c(C)noc1C. The van der Waals surface area contributed by atoms with Gasteiger partial charge in [0.25, 0.3) is 0 Å². The van der Waals surface area contributed by atoms with Crippen molar-refractivity contribution in [1.29, 1.82) is 0 Å². The van der Waals surface area contributed by atoms with Crippen LogP contribution >= 0.6 is 15.9 Å². The minimum atomic E-state index is 0.239. The lowest BCUT2D eigenvalue weighted by molar-refractivity contribution is 0.295. The van der Waals surface area contributed by atoms with E-state index in [1.165, 1.54) is 0 Å². The van der Waals surface area contributed by atoms with Gasteiger partial charge in [-0.15, -0.1) is 0 Å². The van der Waals surface area contributed by atoms with Gasteiger partial charge in [0.2, 0.25) is 0 Å². The molecule has 0 saturated heterocycles. The van der Waals surface area contributed by atoms with Gasteiger partial charge >= 0.3 is 0 Å². The van der Waals surface area contributed by atoms with E-state index in [0.717, 1.165) is 39.3 Å². The first-order chi connectivity index (χ1) is 10.0. The highest BCUT2D eigenvalue weighted by Crippen LogP contribution is 2.30. The molecule has 1 aromatic heterocycles. The van der Waals surface area contributed by atoms with Crippen LogP contribution in [0.3, 0.4) is 0 Å². The Morgan fingerprint density at radius 3 is 2.76 bits per heavy atom. The molecule has 114 valence electrons. The van der Waals surface area contributed by atoms with E-state index in [2.05, 4.69) is 46.3 Å². The first kappa shape index (κ1) is 16.0. The summed E-state index contributed by atoms with van der Waals surface area (Å²) in [6.07, 6.45) is 0. The maximum absolute atomic E-state index is 6.02. The highest BCUT2D eigenvalue weighted by Gasteiger charge is 2.14. The number of rotatable bonds is 6. The van der Waals surface area contributed by atoms with Crippen molar-refractivity contribution in [1.82, 2.24) is 10.5 Å². The van der Waals surface area contributed by atoms with E-state index < -0.39 is 0 Å². The van der Waals surface area contributed by atoms with Crippen LogP contribution in [-0.4, -0.2) is 11.7 Å². The van der Waals surface area contributed by atoms with Crippen LogP contribution in [-0.2, 0) is 6.61 Å². The van der Waals surface area contributed by atoms with Gasteiger partial charge in [0.1, 0.15) is 18.1 Å². The van der Waals surface area contributed by atoms with Crippen molar-refractivity contribution in [3.63, 3.8) is 0 Å². The van der Waals surface area contributed by atoms with Crippen molar-refractivity contribution in [2.75, 3.05) is 6.54 Å². The molecular formula is C16H21BrN2O2. The van der Waals surface area contributed by atoms with Crippen LogP contribution in [0, 0.1) is 13.8 Å². The minimum Gasteiger partial charge on any atom is -0.488 e. The molecule has 2 rings (SSSR count). The lowest BCUT2D eigenvalue weighted by atomic mass is 10.1. The Labute approximate surface area is 134 Å². The number of aromatic nitrogens is 1. The molecule has 0 spiro atoms. The number of aryl methyl sites for hydroxylation is 2. The molecule has 0 radical (unpaired) electrons. The Hall–Kier alpha value is -1.33. The molecule has 1 heterocycles. The van der Waals surface area contributed by atoms with E-state index in [1.54, 1.807) is 0 Å². The fourth-order valence-corrected chi connectivity index (χ4v) is 2.61. The first-order valence-electron chi connectivity index (χ1n) is 7.10. The third kappa shape index (κ3) is 3.86. The van der Waals surface area contributed by atoms with Crippen LogP contribution in [0.4, 0.5) is 0 Å². The Balaban J connectivity index is 2.20. The Morgan fingerprint density at radius 1 is 1.38 bits per heavy atom. The zero-order chi connectivity index (χ0) is 15.4. The van der Waals surface area contributed by atoms with Gasteiger partial charge in [0.15, 0.2) is 0 Å². The minimum absolute atomic E-state index is 0.239. The van der Waals surface area contributed by atoms with Gasteiger partial charge in [-0.3, -0.25) is 0 Å². The third-order valence-corrected chi connectivity index (χ3v) is 4.00. The van der Waals surface area contributed by atoms with Gasteiger partial charge in [-0.25, -0.2) is 0 Å². The lowest BCUT2D eigenvalue weighted by Crippen LogP contribution is -2.18. The average Bonchev–Trinajstić information content (AvgIpc) is 2.76. The van der Waals surface area contributed by atoms with E-state index in [1.807, 2.05) is 26.0 Å². The van der Waals surface area contributed by atoms with Crippen molar-refractivity contribution < 1.29 is 9.26 Å². The number of benzene rings is 1. The van der Waals surface area contributed by atoms with Crippen molar-refractivity contribution in [3.8, 4) is 5.75 Å². The summed E-state index contributed by atoms with van der Waals surface area (Å²) in [5.74, 6) is 1.68. The molecule has 5 heteroatoms. The standard InChI is InChI=1S/C16H21BrN2O2/c1-5-18-10(2)14-7-6-13(17)8-16(14)20-9-15-11(3)19-21-12(15)4/h6-8,10,18H,5,9H2,1-4H3. The predicted molar refractivity (Wildman–Crippen MR) is 86.5 cm³/mol. The predicted octanol–water partition coefficient (Wildman–Crippen LogP) is 4.30. The molecule has 0 aliphatic rings. The Kier molecular flexibility index (Phi) is 5.42. The second-order valence-corrected chi connectivity index (χ2v) is 5.97. The smallest absolute Gasteiger partial charge is 0.140 e. The molecule has 1 aromatic carbocycles. The molecule has 4 nitrogen and oxygen atoms in total. The molecule has 21 heavy (non-hydrogen) atoms. The molecule has 0 aliphatic carbocycles. The van der Waals surface area contributed by atoms with Crippen LogP contribution in [0.25, 0.3) is 0 Å². The number of hydrogen-bond acceptors (Lipinski definition) is 4. The maximum atomic E-state index is 6.02. The monoisotopic (exact) mass is 352 g/mol. The first-order valence-corrected chi connectivity index (χ1v) is 7.89. The summed E-state index contributed by atoms with van der Waals surface area (Å²) in [7, 11) is 0. The van der Waals surface area contributed by atoms with E-state index in [0.29, 0.717) is 6.61 Å². The van der Waals surface area contributed by atoms with E-state index in [-0.39, 0.29) is 6.04 Å². The lowest BCUT2D eigenvalue weighted by Gasteiger charge is -2.18. The summed E-state index contributed by atoms with van der Waals surface area (Å²) < 4.78 is 12.2. The maximum Gasteiger partial charge on any atom is 0.140 e. The number of hydrogen-bond donors (Lipinski definition) is 1. The van der Waals surface area contributed by atoms with Crippen molar-refractivity contribution in [2.45, 2.75) is 40.3 Å². The van der Waals surface area contributed by atoms with Crippen molar-refractivity contribution >= 4 is 15.9 Å². The number of halogens is 1. The Morgan fingerprint density at radius 2 is 2.14 bits per heavy atom. The normalized spacial score (nSPS) is 12.4. The quantitative estimate of drug-likeness (QED) is 0.841. The fourth-order valence-electron chi connectivity index (χ4n) is 2.26. The van der Waals surface area contributed by atoms with Crippen LogP contribution in [0.2, 0.25) is 0 Å². The van der Waals surface area contributed by atoms with Crippen LogP contribution in [0.5, 0.6) is 5.75 Å². The zero-order valence-corrected chi connectivity index (χ0v) is 14.5. The van der Waals surface area contributed by atoms with Crippen LogP contribution in [0.1, 0.15) is 42.5 Å². The number of ether oxygens (including phenoxy) is 1. The topological polar surface area (TPSA) is 47.3 Å². The molecule has 0 saturated carbocycles. The van der Waals surface area contributed by atoms with Gasteiger partial charge in [-0.2, -0.15) is 0 Å². The highest BCUT2D eigenvalue weighted by molar-refractivity contribution is 9.10. The molecule has 1 unspecified atom stereocenters. The molecule has 0 bridgehead atoms. The Bertz CT molecular complexity index is 591. The number of nitrogens with one attached hydrogen (secondary N) is 1. The third-order valence-electron chi connectivity index (χ3n) is 3.51. The van der Waals surface area contributed by atoms with Crippen molar-refractivity contribution in [3.05, 3.63) is 45.3 Å². The second-order valence-electron chi connectivity index (χ2n) is 5.05. The molecular weight excluding hydrogens is 332 g/mol. The number of nitrogens with zero attached hydrogens (tertiary/aromatic N) is 1. The molecule has 0 aliphatic heterocycles.